The normalized spacial score (nSPS) is 11.3. The molecule has 0 fully saturated rings. The molecule has 0 heterocycles. The molecule has 0 spiro atoms. The van der Waals surface area contributed by atoms with Gasteiger partial charge in [-0.25, -0.2) is 0 Å². The zero-order chi connectivity index (χ0) is 15.6. The standard InChI is InChI=1S/C12H6Cl5O2PS/c13-7-3-1-4-8(14)11(7)18-20(17,21)19-12-9(15)5-2-6-10(12)16/h1-6H. The molecule has 0 radical (unpaired) electrons. The summed E-state index contributed by atoms with van der Waals surface area (Å²) in [5, 5.41) is 1.08. The summed E-state index contributed by atoms with van der Waals surface area (Å²) >= 11 is 35.3. The third-order valence-electron chi connectivity index (χ3n) is 2.24. The van der Waals surface area contributed by atoms with Crippen molar-refractivity contribution in [2.45, 2.75) is 0 Å². The molecule has 2 rings (SSSR count). The van der Waals surface area contributed by atoms with Crippen molar-refractivity contribution < 1.29 is 9.05 Å². The molecule has 0 aromatic heterocycles. The zero-order valence-corrected chi connectivity index (χ0v) is 15.5. The first-order valence-corrected chi connectivity index (χ1v) is 10.4. The van der Waals surface area contributed by atoms with Gasteiger partial charge in [0.1, 0.15) is 0 Å². The van der Waals surface area contributed by atoms with Gasteiger partial charge in [-0.15, -0.1) is 0 Å². The second-order valence-corrected chi connectivity index (χ2v) is 9.95. The monoisotopic (exact) mass is 420 g/mol. The lowest BCUT2D eigenvalue weighted by molar-refractivity contribution is 0.505. The fourth-order valence-electron chi connectivity index (χ4n) is 1.38. The van der Waals surface area contributed by atoms with E-state index >= 15 is 0 Å². The van der Waals surface area contributed by atoms with Gasteiger partial charge in [0.15, 0.2) is 11.5 Å². The average Bonchev–Trinajstić information content (AvgIpc) is 2.39. The van der Waals surface area contributed by atoms with E-state index in [4.69, 9.17) is 78.5 Å². The Bertz CT molecular complexity index is 627. The summed E-state index contributed by atoms with van der Waals surface area (Å²) in [6, 6.07) is 9.71. The zero-order valence-electron chi connectivity index (χ0n) is 10.0. The molecule has 0 atom stereocenters. The molecule has 0 aliphatic heterocycles. The van der Waals surface area contributed by atoms with Crippen molar-refractivity contribution in [1.29, 1.82) is 0 Å². The summed E-state index contributed by atoms with van der Waals surface area (Å²) in [5.74, 6) is -2.97. The molecular formula is C12H6Cl5O2PS. The lowest BCUT2D eigenvalue weighted by Gasteiger charge is -2.19. The Balaban J connectivity index is 2.29. The van der Waals surface area contributed by atoms with Crippen LogP contribution in [0.25, 0.3) is 0 Å². The van der Waals surface area contributed by atoms with Crippen LogP contribution in [0.1, 0.15) is 0 Å². The van der Waals surface area contributed by atoms with Gasteiger partial charge in [0.2, 0.25) is 0 Å². The van der Waals surface area contributed by atoms with E-state index in [9.17, 15) is 0 Å². The maximum absolute atomic E-state index is 6.14. The van der Waals surface area contributed by atoms with E-state index in [0.29, 0.717) is 0 Å². The highest BCUT2D eigenvalue weighted by atomic mass is 35.7. The Kier molecular flexibility index (Phi) is 5.95. The highest BCUT2D eigenvalue weighted by molar-refractivity contribution is 8.22. The van der Waals surface area contributed by atoms with Crippen molar-refractivity contribution in [2.24, 2.45) is 0 Å². The van der Waals surface area contributed by atoms with Crippen molar-refractivity contribution in [2.75, 3.05) is 0 Å². The molecule has 2 aromatic carbocycles. The first kappa shape index (κ1) is 17.5. The van der Waals surface area contributed by atoms with Crippen LogP contribution in [-0.4, -0.2) is 0 Å². The van der Waals surface area contributed by atoms with E-state index in [2.05, 4.69) is 0 Å². The molecule has 0 unspecified atom stereocenters. The van der Waals surface area contributed by atoms with Crippen molar-refractivity contribution >= 4 is 75.3 Å². The fourth-order valence-corrected chi connectivity index (χ4v) is 4.27. The van der Waals surface area contributed by atoms with E-state index in [1.807, 2.05) is 0 Å². The Labute approximate surface area is 151 Å². The van der Waals surface area contributed by atoms with Crippen LogP contribution in [0.15, 0.2) is 36.4 Å². The van der Waals surface area contributed by atoms with Crippen LogP contribution in [0.5, 0.6) is 11.5 Å². The molecule has 0 N–H and O–H groups in total. The number of hydrogen-bond acceptors (Lipinski definition) is 3. The second-order valence-electron chi connectivity index (χ2n) is 3.71. The molecule has 0 bridgehead atoms. The fraction of sp³-hybridized carbons (Fsp3) is 0. The summed E-state index contributed by atoms with van der Waals surface area (Å²) in [6.45, 7) is 0. The largest absolute Gasteiger partial charge is 0.421 e. The van der Waals surface area contributed by atoms with Gasteiger partial charge >= 0.3 is 5.84 Å². The molecule has 9 heteroatoms. The third kappa shape index (κ3) is 4.56. The van der Waals surface area contributed by atoms with Crippen molar-refractivity contribution in [3.8, 4) is 11.5 Å². The Morgan fingerprint density at radius 1 is 0.714 bits per heavy atom. The predicted molar refractivity (Wildman–Crippen MR) is 94.3 cm³/mol. The molecule has 21 heavy (non-hydrogen) atoms. The Morgan fingerprint density at radius 2 is 1.00 bits per heavy atom. The molecule has 2 nitrogen and oxygen atoms in total. The van der Waals surface area contributed by atoms with Crippen LogP contribution >= 0.6 is 63.5 Å². The van der Waals surface area contributed by atoms with E-state index in [0.717, 1.165) is 0 Å². The van der Waals surface area contributed by atoms with Gasteiger partial charge in [0.05, 0.1) is 20.1 Å². The number of rotatable bonds is 4. The average molecular weight is 422 g/mol. The first-order chi connectivity index (χ1) is 9.80. The minimum absolute atomic E-state index is 0.155. The van der Waals surface area contributed by atoms with Gasteiger partial charge < -0.3 is 9.05 Å². The topological polar surface area (TPSA) is 18.5 Å². The SMILES string of the molecule is S=P(Cl)(Oc1c(Cl)cccc1Cl)Oc1c(Cl)cccc1Cl. The summed E-state index contributed by atoms with van der Waals surface area (Å²) in [4.78, 5) is 0. The number of halogens is 5. The number of para-hydroxylation sites is 2. The minimum Gasteiger partial charge on any atom is -0.421 e. The van der Waals surface area contributed by atoms with Gasteiger partial charge in [0.25, 0.3) is 0 Å². The van der Waals surface area contributed by atoms with E-state index < -0.39 is 5.84 Å². The maximum Gasteiger partial charge on any atom is 0.384 e. The molecule has 0 aliphatic rings. The van der Waals surface area contributed by atoms with Gasteiger partial charge in [-0.1, -0.05) is 58.5 Å². The molecule has 112 valence electrons. The maximum atomic E-state index is 6.14. The Hall–Kier alpha value is 0.140. The molecular weight excluding hydrogens is 416 g/mol. The van der Waals surface area contributed by atoms with Gasteiger partial charge in [-0.3, -0.25) is 0 Å². The van der Waals surface area contributed by atoms with Crippen LogP contribution in [0.3, 0.4) is 0 Å². The Morgan fingerprint density at radius 3 is 1.29 bits per heavy atom. The third-order valence-corrected chi connectivity index (χ3v) is 5.09. The first-order valence-electron chi connectivity index (χ1n) is 5.37. The van der Waals surface area contributed by atoms with Crippen LogP contribution in [0.2, 0.25) is 20.1 Å². The summed E-state index contributed by atoms with van der Waals surface area (Å²) < 4.78 is 10.9. The molecule has 0 aliphatic carbocycles. The summed E-state index contributed by atoms with van der Waals surface area (Å²) in [5.41, 5.74) is 0. The second kappa shape index (κ2) is 7.14. The molecule has 0 amide bonds. The smallest absolute Gasteiger partial charge is 0.384 e. The number of benzene rings is 2. The highest BCUT2D eigenvalue weighted by Gasteiger charge is 2.24. The molecule has 2 aromatic rings. The van der Waals surface area contributed by atoms with E-state index in [1.54, 1.807) is 36.4 Å². The van der Waals surface area contributed by atoms with E-state index in [1.165, 1.54) is 0 Å². The van der Waals surface area contributed by atoms with Crippen molar-refractivity contribution in [1.82, 2.24) is 0 Å². The van der Waals surface area contributed by atoms with Crippen molar-refractivity contribution in [3.63, 3.8) is 0 Å². The lowest BCUT2D eigenvalue weighted by Crippen LogP contribution is -1.97. The predicted octanol–water partition coefficient (Wildman–Crippen LogP) is 7.22. The van der Waals surface area contributed by atoms with E-state index in [-0.39, 0.29) is 31.6 Å². The summed E-state index contributed by atoms with van der Waals surface area (Å²) in [6.07, 6.45) is 0. The number of hydrogen-bond donors (Lipinski definition) is 0. The van der Waals surface area contributed by atoms with Crippen LogP contribution in [0, 0.1) is 0 Å². The van der Waals surface area contributed by atoms with Crippen molar-refractivity contribution in [3.05, 3.63) is 56.5 Å². The summed E-state index contributed by atoms with van der Waals surface area (Å²) in [7, 11) is 0. The highest BCUT2D eigenvalue weighted by Crippen LogP contribution is 2.57. The van der Waals surface area contributed by atoms with Gasteiger partial charge in [0, 0.05) is 11.8 Å². The van der Waals surface area contributed by atoms with Crippen LogP contribution in [-0.2, 0) is 11.8 Å². The van der Waals surface area contributed by atoms with Crippen LogP contribution < -0.4 is 9.05 Å². The quantitative estimate of drug-likeness (QED) is 0.485. The van der Waals surface area contributed by atoms with Gasteiger partial charge in [-0.2, -0.15) is 0 Å². The molecule has 0 saturated carbocycles. The minimum atomic E-state index is -3.28. The molecule has 0 saturated heterocycles. The van der Waals surface area contributed by atoms with Gasteiger partial charge in [-0.05, 0) is 35.5 Å². The van der Waals surface area contributed by atoms with Crippen LogP contribution in [0.4, 0.5) is 0 Å². The lowest BCUT2D eigenvalue weighted by atomic mass is 10.3.